The van der Waals surface area contributed by atoms with Crippen molar-refractivity contribution in [1.29, 1.82) is 0 Å². The Morgan fingerprint density at radius 1 is 1.42 bits per heavy atom. The smallest absolute Gasteiger partial charge is 0.223 e. The lowest BCUT2D eigenvalue weighted by molar-refractivity contribution is -0.122. The van der Waals surface area contributed by atoms with Crippen LogP contribution in [-0.2, 0) is 4.79 Å². The van der Waals surface area contributed by atoms with Gasteiger partial charge in [0.05, 0.1) is 13.0 Å². The third kappa shape index (κ3) is 5.30. The van der Waals surface area contributed by atoms with E-state index < -0.39 is 0 Å². The van der Waals surface area contributed by atoms with E-state index in [2.05, 4.69) is 5.32 Å². The topological polar surface area (TPSA) is 58.6 Å². The lowest BCUT2D eigenvalue weighted by Gasteiger charge is -2.13. The minimum Gasteiger partial charge on any atom is -0.493 e. The Morgan fingerprint density at radius 2 is 2.16 bits per heavy atom. The van der Waals surface area contributed by atoms with Gasteiger partial charge >= 0.3 is 0 Å². The van der Waals surface area contributed by atoms with Gasteiger partial charge in [-0.3, -0.25) is 4.79 Å². The number of ether oxygens (including phenoxy) is 1. The summed E-state index contributed by atoms with van der Waals surface area (Å²) in [6.07, 6.45) is 0.896. The molecule has 19 heavy (non-hydrogen) atoms. The normalized spacial score (nSPS) is 12.0. The Balaban J connectivity index is 2.34. The molecule has 2 N–H and O–H groups in total. The molecule has 0 aliphatic carbocycles. The number of nitrogens with one attached hydrogen (secondary N) is 1. The van der Waals surface area contributed by atoms with Crippen LogP contribution in [0.15, 0.2) is 18.2 Å². The molecule has 0 bridgehead atoms. The van der Waals surface area contributed by atoms with Gasteiger partial charge in [-0.25, -0.2) is 0 Å². The number of hydrogen-bond acceptors (Lipinski definition) is 3. The molecule has 1 unspecified atom stereocenters. The maximum atomic E-state index is 11.6. The lowest BCUT2D eigenvalue weighted by atomic mass is 10.1. The highest BCUT2D eigenvalue weighted by Crippen LogP contribution is 2.20. The number of aliphatic hydroxyl groups is 1. The number of benzene rings is 1. The summed E-state index contributed by atoms with van der Waals surface area (Å²) in [4.78, 5) is 11.6. The SMILES string of the molecule is Cc1cccc(OCCC(=O)NC(C)CCO)c1C. The minimum atomic E-state index is -0.0498. The van der Waals surface area contributed by atoms with E-state index in [1.165, 1.54) is 5.56 Å². The Kier molecular flexibility index (Phi) is 6.36. The van der Waals surface area contributed by atoms with Crippen molar-refractivity contribution in [3.8, 4) is 5.75 Å². The number of aliphatic hydroxyl groups excluding tert-OH is 1. The van der Waals surface area contributed by atoms with E-state index >= 15 is 0 Å². The van der Waals surface area contributed by atoms with E-state index in [4.69, 9.17) is 9.84 Å². The molecular weight excluding hydrogens is 242 g/mol. The highest BCUT2D eigenvalue weighted by molar-refractivity contribution is 5.76. The highest BCUT2D eigenvalue weighted by Gasteiger charge is 2.07. The summed E-state index contributed by atoms with van der Waals surface area (Å²) < 4.78 is 5.62. The quantitative estimate of drug-likeness (QED) is 0.792. The monoisotopic (exact) mass is 265 g/mol. The summed E-state index contributed by atoms with van der Waals surface area (Å²) in [6.45, 7) is 6.36. The molecule has 0 radical (unpaired) electrons. The largest absolute Gasteiger partial charge is 0.493 e. The molecule has 0 saturated heterocycles. The average molecular weight is 265 g/mol. The molecule has 4 heteroatoms. The number of rotatable bonds is 7. The molecule has 1 rings (SSSR count). The van der Waals surface area contributed by atoms with Gasteiger partial charge in [-0.1, -0.05) is 12.1 Å². The van der Waals surface area contributed by atoms with Gasteiger partial charge in [0.25, 0.3) is 0 Å². The van der Waals surface area contributed by atoms with Crippen LogP contribution in [-0.4, -0.2) is 30.3 Å². The second kappa shape index (κ2) is 7.79. The van der Waals surface area contributed by atoms with Crippen LogP contribution >= 0.6 is 0 Å². The minimum absolute atomic E-state index is 0.00166. The first-order valence-corrected chi connectivity index (χ1v) is 6.63. The number of amides is 1. The molecule has 0 fully saturated rings. The molecule has 1 atom stereocenters. The van der Waals surface area contributed by atoms with Crippen LogP contribution in [0.1, 0.15) is 30.9 Å². The summed E-state index contributed by atoms with van der Waals surface area (Å²) in [5.74, 6) is 0.780. The van der Waals surface area contributed by atoms with E-state index in [1.54, 1.807) is 0 Å². The van der Waals surface area contributed by atoms with Gasteiger partial charge in [-0.05, 0) is 44.4 Å². The second-order valence-corrected chi connectivity index (χ2v) is 4.78. The molecule has 106 valence electrons. The number of carbonyl (C=O) groups is 1. The Hall–Kier alpha value is -1.55. The zero-order chi connectivity index (χ0) is 14.3. The van der Waals surface area contributed by atoms with Gasteiger partial charge in [0.15, 0.2) is 0 Å². The van der Waals surface area contributed by atoms with Crippen LogP contribution in [0.4, 0.5) is 0 Å². The van der Waals surface area contributed by atoms with Crippen molar-refractivity contribution in [3.63, 3.8) is 0 Å². The fraction of sp³-hybridized carbons (Fsp3) is 0.533. The van der Waals surface area contributed by atoms with Crippen molar-refractivity contribution < 1.29 is 14.6 Å². The van der Waals surface area contributed by atoms with Crippen LogP contribution in [0.5, 0.6) is 5.75 Å². The highest BCUT2D eigenvalue weighted by atomic mass is 16.5. The Labute approximate surface area is 114 Å². The van der Waals surface area contributed by atoms with Gasteiger partial charge in [0, 0.05) is 12.6 Å². The van der Waals surface area contributed by atoms with Crippen molar-refractivity contribution in [1.82, 2.24) is 5.32 Å². The molecule has 0 aromatic heterocycles. The molecule has 0 saturated carbocycles. The summed E-state index contributed by atoms with van der Waals surface area (Å²) in [5.41, 5.74) is 2.29. The van der Waals surface area contributed by atoms with Crippen LogP contribution in [0.2, 0.25) is 0 Å². The van der Waals surface area contributed by atoms with Crippen LogP contribution < -0.4 is 10.1 Å². The molecular formula is C15H23NO3. The first kappa shape index (κ1) is 15.5. The standard InChI is InChI=1S/C15H23NO3/c1-11-5-4-6-14(13(11)3)19-10-8-15(18)16-12(2)7-9-17/h4-6,12,17H,7-10H2,1-3H3,(H,16,18). The molecule has 4 nitrogen and oxygen atoms in total. The third-order valence-electron chi connectivity index (χ3n) is 3.11. The molecule has 1 aromatic carbocycles. The Bertz CT molecular complexity index is 418. The maximum Gasteiger partial charge on any atom is 0.223 e. The molecule has 1 aromatic rings. The maximum absolute atomic E-state index is 11.6. The molecule has 0 heterocycles. The zero-order valence-corrected chi connectivity index (χ0v) is 11.9. The Morgan fingerprint density at radius 3 is 2.84 bits per heavy atom. The van der Waals surface area contributed by atoms with E-state index in [0.717, 1.165) is 11.3 Å². The van der Waals surface area contributed by atoms with Crippen molar-refractivity contribution in [2.24, 2.45) is 0 Å². The summed E-state index contributed by atoms with van der Waals surface area (Å²) in [5, 5.41) is 11.6. The summed E-state index contributed by atoms with van der Waals surface area (Å²) in [6, 6.07) is 5.89. The van der Waals surface area contributed by atoms with Gasteiger partial charge in [-0.15, -0.1) is 0 Å². The fourth-order valence-electron chi connectivity index (χ4n) is 1.75. The molecule has 0 aliphatic rings. The predicted octanol–water partition coefficient (Wildman–Crippen LogP) is 1.96. The van der Waals surface area contributed by atoms with Gasteiger partial charge in [0.2, 0.25) is 5.91 Å². The first-order valence-electron chi connectivity index (χ1n) is 6.63. The fourth-order valence-corrected chi connectivity index (χ4v) is 1.75. The van der Waals surface area contributed by atoms with Crippen LogP contribution in [0.3, 0.4) is 0 Å². The third-order valence-corrected chi connectivity index (χ3v) is 3.11. The van der Waals surface area contributed by atoms with E-state index in [9.17, 15) is 4.79 Å². The van der Waals surface area contributed by atoms with Gasteiger partial charge in [-0.2, -0.15) is 0 Å². The van der Waals surface area contributed by atoms with Crippen molar-refractivity contribution >= 4 is 5.91 Å². The van der Waals surface area contributed by atoms with Crippen molar-refractivity contribution in [2.75, 3.05) is 13.2 Å². The van der Waals surface area contributed by atoms with Gasteiger partial charge in [0.1, 0.15) is 5.75 Å². The first-order chi connectivity index (χ1) is 9.04. The van der Waals surface area contributed by atoms with Crippen LogP contribution in [0.25, 0.3) is 0 Å². The number of aryl methyl sites for hydroxylation is 1. The van der Waals surface area contributed by atoms with E-state index in [-0.39, 0.29) is 18.6 Å². The van der Waals surface area contributed by atoms with Crippen molar-refractivity contribution in [2.45, 2.75) is 39.7 Å². The van der Waals surface area contributed by atoms with Crippen LogP contribution in [0, 0.1) is 13.8 Å². The summed E-state index contributed by atoms with van der Waals surface area (Å²) >= 11 is 0. The zero-order valence-electron chi connectivity index (χ0n) is 11.9. The van der Waals surface area contributed by atoms with E-state index in [0.29, 0.717) is 19.4 Å². The van der Waals surface area contributed by atoms with Gasteiger partial charge < -0.3 is 15.2 Å². The predicted molar refractivity (Wildman–Crippen MR) is 75.3 cm³/mol. The molecule has 1 amide bonds. The average Bonchev–Trinajstić information content (AvgIpc) is 2.34. The van der Waals surface area contributed by atoms with Crippen molar-refractivity contribution in [3.05, 3.63) is 29.3 Å². The molecule has 0 aliphatic heterocycles. The second-order valence-electron chi connectivity index (χ2n) is 4.78. The number of carbonyl (C=O) groups excluding carboxylic acids is 1. The lowest BCUT2D eigenvalue weighted by Crippen LogP contribution is -2.33. The molecule has 0 spiro atoms. The van der Waals surface area contributed by atoms with E-state index in [1.807, 2.05) is 39.0 Å². The summed E-state index contributed by atoms with van der Waals surface area (Å²) in [7, 11) is 0. The number of hydrogen-bond donors (Lipinski definition) is 2.